The number of pyridine rings is 1. The maximum atomic E-state index is 12.6. The monoisotopic (exact) mass is 396 g/mol. The van der Waals surface area contributed by atoms with E-state index >= 15 is 0 Å². The molecule has 8 heteroatoms. The predicted octanol–water partition coefficient (Wildman–Crippen LogP) is 1.65. The number of hydrogen-bond acceptors (Lipinski definition) is 5. The first kappa shape index (κ1) is 20.3. The topological polar surface area (TPSA) is 101 Å². The van der Waals surface area contributed by atoms with Crippen molar-refractivity contribution in [3.63, 3.8) is 0 Å². The molecule has 8 nitrogen and oxygen atoms in total. The predicted molar refractivity (Wildman–Crippen MR) is 106 cm³/mol. The van der Waals surface area contributed by atoms with Crippen LogP contribution in [0.3, 0.4) is 0 Å². The van der Waals surface area contributed by atoms with Crippen molar-refractivity contribution in [1.29, 1.82) is 0 Å². The first-order chi connectivity index (χ1) is 14.1. The van der Waals surface area contributed by atoms with Crippen molar-refractivity contribution in [2.45, 2.75) is 31.8 Å². The molecule has 2 heterocycles. The smallest absolute Gasteiger partial charge is 0.325 e. The fourth-order valence-corrected chi connectivity index (χ4v) is 3.17. The van der Waals surface area contributed by atoms with E-state index in [1.54, 1.807) is 19.4 Å². The standard InChI is InChI=1S/C21H24N4O4/c1-29-18-8-3-2-6-15(18)14-25-20(27)17(24-21(25)28)9-10-19(26)23-13-11-16-7-4-5-12-22-16/h2-8,12,17H,9-11,13-14H2,1H3,(H,23,26)(H,24,28). The van der Waals surface area contributed by atoms with Crippen LogP contribution >= 0.6 is 0 Å². The van der Waals surface area contributed by atoms with Gasteiger partial charge in [0.25, 0.3) is 5.91 Å². The number of methoxy groups -OCH3 is 1. The van der Waals surface area contributed by atoms with E-state index in [0.717, 1.165) is 16.2 Å². The van der Waals surface area contributed by atoms with Gasteiger partial charge in [-0.1, -0.05) is 24.3 Å². The molecule has 2 aromatic rings. The summed E-state index contributed by atoms with van der Waals surface area (Å²) in [6.45, 7) is 0.599. The van der Waals surface area contributed by atoms with Crippen LogP contribution in [0.15, 0.2) is 48.7 Å². The number of carbonyl (C=O) groups excluding carboxylic acids is 3. The molecule has 1 aromatic heterocycles. The Bertz CT molecular complexity index is 872. The summed E-state index contributed by atoms with van der Waals surface area (Å²) in [5.41, 5.74) is 1.64. The lowest BCUT2D eigenvalue weighted by atomic mass is 10.1. The summed E-state index contributed by atoms with van der Waals surface area (Å²) >= 11 is 0. The second-order valence-electron chi connectivity index (χ2n) is 6.70. The van der Waals surface area contributed by atoms with Gasteiger partial charge in [0.2, 0.25) is 5.91 Å². The van der Waals surface area contributed by atoms with E-state index in [-0.39, 0.29) is 31.2 Å². The third kappa shape index (κ3) is 5.31. The van der Waals surface area contributed by atoms with E-state index in [9.17, 15) is 14.4 Å². The van der Waals surface area contributed by atoms with E-state index in [1.807, 2.05) is 36.4 Å². The average molecular weight is 396 g/mol. The third-order valence-corrected chi connectivity index (χ3v) is 4.72. The second kappa shape index (κ2) is 9.68. The third-order valence-electron chi connectivity index (χ3n) is 4.72. The number of hydrogen-bond donors (Lipinski definition) is 2. The molecule has 3 rings (SSSR count). The largest absolute Gasteiger partial charge is 0.496 e. The molecule has 0 aliphatic carbocycles. The molecule has 2 N–H and O–H groups in total. The Labute approximate surface area is 169 Å². The Balaban J connectivity index is 1.46. The summed E-state index contributed by atoms with van der Waals surface area (Å²) in [5.74, 6) is 0.122. The number of imide groups is 1. The van der Waals surface area contributed by atoms with Crippen molar-refractivity contribution in [1.82, 2.24) is 20.5 Å². The molecule has 1 unspecified atom stereocenters. The normalized spacial score (nSPS) is 15.9. The van der Waals surface area contributed by atoms with Gasteiger partial charge in [0.15, 0.2) is 0 Å². The minimum absolute atomic E-state index is 0.126. The number of amides is 4. The number of benzene rings is 1. The molecule has 1 atom stereocenters. The Kier molecular flexibility index (Phi) is 6.78. The van der Waals surface area contributed by atoms with E-state index in [0.29, 0.717) is 18.7 Å². The van der Waals surface area contributed by atoms with Crippen LogP contribution < -0.4 is 15.4 Å². The number of ether oxygens (including phenoxy) is 1. The Morgan fingerprint density at radius 2 is 2.00 bits per heavy atom. The van der Waals surface area contributed by atoms with Crippen LogP contribution in [0.5, 0.6) is 5.75 Å². The second-order valence-corrected chi connectivity index (χ2v) is 6.70. The lowest BCUT2D eigenvalue weighted by Gasteiger charge is -2.15. The highest BCUT2D eigenvalue weighted by molar-refractivity contribution is 6.04. The summed E-state index contributed by atoms with van der Waals surface area (Å²) in [6, 6.07) is 11.7. The highest BCUT2D eigenvalue weighted by Crippen LogP contribution is 2.22. The molecular weight excluding hydrogens is 372 g/mol. The van der Waals surface area contributed by atoms with Crippen LogP contribution in [0.25, 0.3) is 0 Å². The van der Waals surface area contributed by atoms with E-state index < -0.39 is 12.1 Å². The van der Waals surface area contributed by atoms with Crippen LogP contribution in [0.2, 0.25) is 0 Å². The minimum atomic E-state index is -0.696. The zero-order valence-electron chi connectivity index (χ0n) is 16.3. The SMILES string of the molecule is COc1ccccc1CN1C(=O)NC(CCC(=O)NCCc2ccccn2)C1=O. The number of rotatable bonds is 9. The highest BCUT2D eigenvalue weighted by atomic mass is 16.5. The maximum Gasteiger partial charge on any atom is 0.325 e. The fourth-order valence-electron chi connectivity index (χ4n) is 3.17. The Morgan fingerprint density at radius 3 is 2.76 bits per heavy atom. The molecule has 29 heavy (non-hydrogen) atoms. The molecule has 1 saturated heterocycles. The molecule has 0 saturated carbocycles. The molecule has 1 aromatic carbocycles. The van der Waals surface area contributed by atoms with Gasteiger partial charge in [0.05, 0.1) is 13.7 Å². The summed E-state index contributed by atoms with van der Waals surface area (Å²) in [4.78, 5) is 42.2. The number of para-hydroxylation sites is 1. The average Bonchev–Trinajstić information content (AvgIpc) is 3.01. The number of nitrogens with one attached hydrogen (secondary N) is 2. The van der Waals surface area contributed by atoms with Crippen molar-refractivity contribution >= 4 is 17.8 Å². The van der Waals surface area contributed by atoms with Crippen LogP contribution in [-0.4, -0.2) is 47.4 Å². The van der Waals surface area contributed by atoms with Crippen molar-refractivity contribution in [3.8, 4) is 5.75 Å². The number of urea groups is 1. The molecule has 0 spiro atoms. The maximum absolute atomic E-state index is 12.6. The summed E-state index contributed by atoms with van der Waals surface area (Å²) in [5, 5.41) is 5.47. The molecule has 0 radical (unpaired) electrons. The van der Waals surface area contributed by atoms with E-state index in [4.69, 9.17) is 4.74 Å². The van der Waals surface area contributed by atoms with Gasteiger partial charge in [-0.05, 0) is 24.6 Å². The van der Waals surface area contributed by atoms with Gasteiger partial charge in [0, 0.05) is 36.8 Å². The van der Waals surface area contributed by atoms with Crippen LogP contribution in [-0.2, 0) is 22.6 Å². The van der Waals surface area contributed by atoms with E-state index in [1.165, 1.54) is 0 Å². The molecule has 0 bridgehead atoms. The lowest BCUT2D eigenvalue weighted by molar-refractivity contribution is -0.128. The van der Waals surface area contributed by atoms with Crippen LogP contribution in [0, 0.1) is 0 Å². The fraction of sp³-hybridized carbons (Fsp3) is 0.333. The molecule has 152 valence electrons. The molecule has 1 aliphatic heterocycles. The first-order valence-electron chi connectivity index (χ1n) is 9.49. The zero-order valence-corrected chi connectivity index (χ0v) is 16.3. The van der Waals surface area contributed by atoms with Crippen LogP contribution in [0.4, 0.5) is 4.79 Å². The first-order valence-corrected chi connectivity index (χ1v) is 9.49. The summed E-state index contributed by atoms with van der Waals surface area (Å²) in [7, 11) is 1.54. The van der Waals surface area contributed by atoms with Crippen LogP contribution in [0.1, 0.15) is 24.1 Å². The van der Waals surface area contributed by atoms with Gasteiger partial charge in [-0.2, -0.15) is 0 Å². The van der Waals surface area contributed by atoms with Gasteiger partial charge >= 0.3 is 6.03 Å². The van der Waals surface area contributed by atoms with Gasteiger partial charge < -0.3 is 15.4 Å². The van der Waals surface area contributed by atoms with Crippen molar-refractivity contribution in [3.05, 3.63) is 59.9 Å². The number of aromatic nitrogens is 1. The van der Waals surface area contributed by atoms with Crippen molar-refractivity contribution in [2.24, 2.45) is 0 Å². The van der Waals surface area contributed by atoms with Crippen molar-refractivity contribution in [2.75, 3.05) is 13.7 Å². The quantitative estimate of drug-likeness (QED) is 0.628. The lowest BCUT2D eigenvalue weighted by Crippen LogP contribution is -2.33. The number of carbonyl (C=O) groups is 3. The summed E-state index contributed by atoms with van der Waals surface area (Å²) in [6.07, 6.45) is 2.75. The van der Waals surface area contributed by atoms with E-state index in [2.05, 4.69) is 15.6 Å². The zero-order chi connectivity index (χ0) is 20.6. The number of nitrogens with zero attached hydrogens (tertiary/aromatic N) is 2. The molecule has 1 fully saturated rings. The van der Waals surface area contributed by atoms with Gasteiger partial charge in [-0.3, -0.25) is 19.5 Å². The molecule has 1 aliphatic rings. The Morgan fingerprint density at radius 1 is 1.21 bits per heavy atom. The van der Waals surface area contributed by atoms with Gasteiger partial charge in [0.1, 0.15) is 11.8 Å². The minimum Gasteiger partial charge on any atom is -0.496 e. The molecule has 4 amide bonds. The summed E-state index contributed by atoms with van der Waals surface area (Å²) < 4.78 is 5.27. The highest BCUT2D eigenvalue weighted by Gasteiger charge is 2.38. The van der Waals surface area contributed by atoms with Gasteiger partial charge in [-0.15, -0.1) is 0 Å². The molecular formula is C21H24N4O4. The Hall–Kier alpha value is -3.42. The van der Waals surface area contributed by atoms with Crippen molar-refractivity contribution < 1.29 is 19.1 Å². The van der Waals surface area contributed by atoms with Gasteiger partial charge in [-0.25, -0.2) is 4.79 Å².